The number of aliphatic hydroxyl groups is 1. The van der Waals surface area contributed by atoms with Crippen molar-refractivity contribution in [2.75, 3.05) is 19.7 Å². The normalized spacial score (nSPS) is 11.7. The Balaban J connectivity index is 2.04. The van der Waals surface area contributed by atoms with E-state index in [0.717, 1.165) is 18.5 Å². The van der Waals surface area contributed by atoms with Crippen LogP contribution in [0, 0.1) is 0 Å². The topological polar surface area (TPSA) is 58.4 Å². The molecule has 1 heterocycles. The van der Waals surface area contributed by atoms with Crippen LogP contribution in [0.2, 0.25) is 0 Å². The molecule has 0 bridgehead atoms. The molecule has 0 saturated heterocycles. The molecular weight excluding hydrogens is 266 g/mol. The van der Waals surface area contributed by atoms with Crippen LogP contribution in [0.3, 0.4) is 0 Å². The SMILES string of the molecule is CC(C)N(CCO)CCCn1cnc2ccccc2c1=O. The zero-order chi connectivity index (χ0) is 15.2. The van der Waals surface area contributed by atoms with Gasteiger partial charge in [-0.1, -0.05) is 12.1 Å². The van der Waals surface area contributed by atoms with Crippen LogP contribution in [-0.2, 0) is 6.54 Å². The molecule has 1 aromatic carbocycles. The Labute approximate surface area is 124 Å². The quantitative estimate of drug-likeness (QED) is 0.839. The molecule has 0 atom stereocenters. The van der Waals surface area contributed by atoms with E-state index in [2.05, 4.69) is 23.7 Å². The van der Waals surface area contributed by atoms with E-state index >= 15 is 0 Å². The lowest BCUT2D eigenvalue weighted by atomic mass is 10.2. The minimum atomic E-state index is 0.0128. The molecular formula is C16H23N3O2. The standard InChI is InChI=1S/C16H23N3O2/c1-13(2)18(10-11-20)8-5-9-19-12-17-15-7-4-3-6-14(15)16(19)21/h3-4,6-7,12-13,20H,5,8-11H2,1-2H3. The van der Waals surface area contributed by atoms with E-state index in [1.807, 2.05) is 24.3 Å². The van der Waals surface area contributed by atoms with E-state index in [-0.39, 0.29) is 12.2 Å². The first-order valence-corrected chi connectivity index (χ1v) is 7.42. The van der Waals surface area contributed by atoms with Crippen molar-refractivity contribution in [3.05, 3.63) is 40.9 Å². The van der Waals surface area contributed by atoms with Gasteiger partial charge in [-0.15, -0.1) is 0 Å². The summed E-state index contributed by atoms with van der Waals surface area (Å²) in [6.07, 6.45) is 2.48. The first kappa shape index (κ1) is 15.7. The largest absolute Gasteiger partial charge is 0.395 e. The van der Waals surface area contributed by atoms with Crippen LogP contribution in [0.1, 0.15) is 20.3 Å². The van der Waals surface area contributed by atoms with Gasteiger partial charge in [-0.3, -0.25) is 14.3 Å². The summed E-state index contributed by atoms with van der Waals surface area (Å²) in [5.74, 6) is 0. The lowest BCUT2D eigenvalue weighted by Crippen LogP contribution is -2.35. The highest BCUT2D eigenvalue weighted by Gasteiger charge is 2.09. The number of aryl methyl sites for hydroxylation is 1. The first-order chi connectivity index (χ1) is 10.1. The molecule has 0 fully saturated rings. The van der Waals surface area contributed by atoms with Crippen molar-refractivity contribution >= 4 is 10.9 Å². The summed E-state index contributed by atoms with van der Waals surface area (Å²) < 4.78 is 1.67. The molecule has 0 saturated carbocycles. The Bertz CT molecular complexity index is 637. The van der Waals surface area contributed by atoms with Gasteiger partial charge in [0.1, 0.15) is 0 Å². The molecule has 0 amide bonds. The van der Waals surface area contributed by atoms with Crippen LogP contribution in [0.5, 0.6) is 0 Å². The molecule has 2 rings (SSSR count). The number of benzene rings is 1. The fourth-order valence-electron chi connectivity index (χ4n) is 2.47. The predicted octanol–water partition coefficient (Wildman–Crippen LogP) is 1.49. The van der Waals surface area contributed by atoms with Gasteiger partial charge in [0.2, 0.25) is 0 Å². The number of hydrogen-bond acceptors (Lipinski definition) is 4. The molecule has 0 aliphatic carbocycles. The molecule has 0 aliphatic heterocycles. The molecule has 21 heavy (non-hydrogen) atoms. The summed E-state index contributed by atoms with van der Waals surface area (Å²) in [6.45, 7) is 6.56. The highest BCUT2D eigenvalue weighted by molar-refractivity contribution is 5.76. The van der Waals surface area contributed by atoms with Crippen LogP contribution < -0.4 is 5.56 Å². The zero-order valence-corrected chi connectivity index (χ0v) is 12.7. The second kappa shape index (κ2) is 7.33. The van der Waals surface area contributed by atoms with Crippen molar-refractivity contribution in [1.82, 2.24) is 14.5 Å². The van der Waals surface area contributed by atoms with Crippen molar-refractivity contribution in [2.24, 2.45) is 0 Å². The number of nitrogens with zero attached hydrogens (tertiary/aromatic N) is 3. The highest BCUT2D eigenvalue weighted by atomic mass is 16.3. The maximum atomic E-state index is 12.3. The van der Waals surface area contributed by atoms with Gasteiger partial charge in [0.25, 0.3) is 5.56 Å². The second-order valence-electron chi connectivity index (χ2n) is 5.47. The van der Waals surface area contributed by atoms with Crippen molar-refractivity contribution in [2.45, 2.75) is 32.9 Å². The minimum absolute atomic E-state index is 0.0128. The third-order valence-electron chi connectivity index (χ3n) is 3.69. The fourth-order valence-corrected chi connectivity index (χ4v) is 2.47. The minimum Gasteiger partial charge on any atom is -0.395 e. The van der Waals surface area contributed by atoms with E-state index in [9.17, 15) is 4.79 Å². The summed E-state index contributed by atoms with van der Waals surface area (Å²) in [7, 11) is 0. The summed E-state index contributed by atoms with van der Waals surface area (Å²) in [5, 5.41) is 9.72. The lowest BCUT2D eigenvalue weighted by molar-refractivity contribution is 0.162. The van der Waals surface area contributed by atoms with Crippen LogP contribution in [0.4, 0.5) is 0 Å². The van der Waals surface area contributed by atoms with Crippen molar-refractivity contribution < 1.29 is 5.11 Å². The van der Waals surface area contributed by atoms with Gasteiger partial charge in [-0.2, -0.15) is 0 Å². The molecule has 114 valence electrons. The predicted molar refractivity (Wildman–Crippen MR) is 84.4 cm³/mol. The molecule has 1 N–H and O–H groups in total. The Kier molecular flexibility index (Phi) is 5.47. The van der Waals surface area contributed by atoms with E-state index in [1.54, 1.807) is 10.9 Å². The third-order valence-corrected chi connectivity index (χ3v) is 3.69. The molecule has 1 aromatic heterocycles. The van der Waals surface area contributed by atoms with E-state index in [1.165, 1.54) is 0 Å². The smallest absolute Gasteiger partial charge is 0.261 e. The van der Waals surface area contributed by atoms with E-state index in [0.29, 0.717) is 24.5 Å². The second-order valence-corrected chi connectivity index (χ2v) is 5.47. The summed E-state index contributed by atoms with van der Waals surface area (Å²) in [6, 6.07) is 7.80. The highest BCUT2D eigenvalue weighted by Crippen LogP contribution is 2.05. The third kappa shape index (κ3) is 3.89. The summed E-state index contributed by atoms with van der Waals surface area (Å²) in [4.78, 5) is 18.9. The molecule has 0 unspecified atom stereocenters. The Morgan fingerprint density at radius 3 is 2.76 bits per heavy atom. The maximum Gasteiger partial charge on any atom is 0.261 e. The Morgan fingerprint density at radius 2 is 2.05 bits per heavy atom. The lowest BCUT2D eigenvalue weighted by Gasteiger charge is -2.25. The van der Waals surface area contributed by atoms with Crippen LogP contribution >= 0.6 is 0 Å². The monoisotopic (exact) mass is 289 g/mol. The average molecular weight is 289 g/mol. The molecule has 0 radical (unpaired) electrons. The number of rotatable bonds is 7. The Hall–Kier alpha value is -1.72. The number of fused-ring (bicyclic) bond motifs is 1. The van der Waals surface area contributed by atoms with E-state index < -0.39 is 0 Å². The van der Waals surface area contributed by atoms with Gasteiger partial charge in [0, 0.05) is 25.7 Å². The zero-order valence-electron chi connectivity index (χ0n) is 12.7. The van der Waals surface area contributed by atoms with Crippen LogP contribution in [0.25, 0.3) is 10.9 Å². The van der Waals surface area contributed by atoms with Gasteiger partial charge in [0.05, 0.1) is 23.8 Å². The van der Waals surface area contributed by atoms with Crippen molar-refractivity contribution in [3.8, 4) is 0 Å². The molecule has 0 aliphatic rings. The summed E-state index contributed by atoms with van der Waals surface area (Å²) >= 11 is 0. The molecule has 0 spiro atoms. The number of hydrogen-bond donors (Lipinski definition) is 1. The summed E-state index contributed by atoms with van der Waals surface area (Å²) in [5.41, 5.74) is 0.752. The van der Waals surface area contributed by atoms with E-state index in [4.69, 9.17) is 5.11 Å². The van der Waals surface area contributed by atoms with Crippen molar-refractivity contribution in [3.63, 3.8) is 0 Å². The van der Waals surface area contributed by atoms with Gasteiger partial charge in [-0.05, 0) is 32.4 Å². The van der Waals surface area contributed by atoms with Gasteiger partial charge in [0.15, 0.2) is 0 Å². The number of aliphatic hydroxyl groups excluding tert-OH is 1. The Morgan fingerprint density at radius 1 is 1.29 bits per heavy atom. The molecule has 2 aromatic rings. The maximum absolute atomic E-state index is 12.3. The van der Waals surface area contributed by atoms with Gasteiger partial charge in [-0.25, -0.2) is 4.98 Å². The molecule has 5 heteroatoms. The fraction of sp³-hybridized carbons (Fsp3) is 0.500. The van der Waals surface area contributed by atoms with Gasteiger partial charge >= 0.3 is 0 Å². The molecule has 5 nitrogen and oxygen atoms in total. The van der Waals surface area contributed by atoms with Crippen LogP contribution in [-0.4, -0.2) is 45.3 Å². The van der Waals surface area contributed by atoms with Crippen LogP contribution in [0.15, 0.2) is 35.4 Å². The number of para-hydroxylation sites is 1. The number of aromatic nitrogens is 2. The van der Waals surface area contributed by atoms with Crippen molar-refractivity contribution in [1.29, 1.82) is 0 Å². The first-order valence-electron chi connectivity index (χ1n) is 7.42. The average Bonchev–Trinajstić information content (AvgIpc) is 2.48. The van der Waals surface area contributed by atoms with Gasteiger partial charge < -0.3 is 5.11 Å².